The number of hydrogen-bond acceptors (Lipinski definition) is 5. The number of nitrogens with zero attached hydrogens (tertiary/aromatic N) is 3. The molecule has 10 heteroatoms. The third-order valence-corrected chi connectivity index (χ3v) is 4.71. The molecule has 2 aromatic rings. The first kappa shape index (κ1) is 24.4. The normalized spacial score (nSPS) is 11.7. The molecule has 0 aliphatic carbocycles. The van der Waals surface area contributed by atoms with Crippen molar-refractivity contribution in [3.63, 3.8) is 0 Å². The van der Waals surface area contributed by atoms with Crippen LogP contribution in [-0.2, 0) is 24.4 Å². The zero-order valence-electron chi connectivity index (χ0n) is 18.7. The number of hydrogen-bond donors (Lipinski definition) is 2. The van der Waals surface area contributed by atoms with Gasteiger partial charge < -0.3 is 24.8 Å². The van der Waals surface area contributed by atoms with Crippen molar-refractivity contribution in [1.29, 1.82) is 0 Å². The second-order valence-corrected chi connectivity index (χ2v) is 6.77. The van der Waals surface area contributed by atoms with Crippen molar-refractivity contribution in [2.24, 2.45) is 4.99 Å². The quantitative estimate of drug-likeness (QED) is 0.414. The molecule has 0 fully saturated rings. The number of guanidine groups is 1. The number of nitrogens with one attached hydrogen (secondary N) is 2. The molecule has 8 nitrogen and oxygen atoms in total. The van der Waals surface area contributed by atoms with E-state index in [-0.39, 0.29) is 12.3 Å². The summed E-state index contributed by atoms with van der Waals surface area (Å²) in [6.07, 6.45) is 0. The van der Waals surface area contributed by atoms with Gasteiger partial charge in [-0.15, -0.1) is 0 Å². The van der Waals surface area contributed by atoms with E-state index in [0.29, 0.717) is 43.5 Å². The summed E-state index contributed by atoms with van der Waals surface area (Å²) in [5, 5.41) is 11.0. The SMILES string of the molecule is CCNC(=NCc1cc(OC)ccc1OC(F)F)NCc1c(C)nn(CCOC)c1C. The van der Waals surface area contributed by atoms with Gasteiger partial charge in [0.05, 0.1) is 32.5 Å². The fraction of sp³-hybridized carbons (Fsp3) is 0.524. The van der Waals surface area contributed by atoms with E-state index in [1.54, 1.807) is 19.2 Å². The van der Waals surface area contributed by atoms with Gasteiger partial charge in [-0.3, -0.25) is 4.68 Å². The molecule has 172 valence electrons. The van der Waals surface area contributed by atoms with Gasteiger partial charge in [0.25, 0.3) is 0 Å². The molecule has 0 radical (unpaired) electrons. The molecule has 0 spiro atoms. The monoisotopic (exact) mass is 439 g/mol. The van der Waals surface area contributed by atoms with Crippen molar-refractivity contribution < 1.29 is 23.0 Å². The van der Waals surface area contributed by atoms with Gasteiger partial charge in [-0.2, -0.15) is 13.9 Å². The maximum Gasteiger partial charge on any atom is 0.387 e. The third-order valence-electron chi connectivity index (χ3n) is 4.71. The zero-order chi connectivity index (χ0) is 22.8. The van der Waals surface area contributed by atoms with Crippen molar-refractivity contribution >= 4 is 5.96 Å². The van der Waals surface area contributed by atoms with E-state index in [1.807, 2.05) is 25.5 Å². The van der Waals surface area contributed by atoms with Crippen LogP contribution in [0.15, 0.2) is 23.2 Å². The molecule has 0 aliphatic heterocycles. The number of methoxy groups -OCH3 is 2. The molecule has 2 rings (SSSR count). The molecule has 0 bridgehead atoms. The lowest BCUT2D eigenvalue weighted by molar-refractivity contribution is -0.0504. The van der Waals surface area contributed by atoms with Crippen LogP contribution in [0, 0.1) is 13.8 Å². The van der Waals surface area contributed by atoms with E-state index in [1.165, 1.54) is 13.2 Å². The first-order valence-electron chi connectivity index (χ1n) is 10.0. The lowest BCUT2D eigenvalue weighted by atomic mass is 10.2. The highest BCUT2D eigenvalue weighted by Crippen LogP contribution is 2.26. The van der Waals surface area contributed by atoms with Crippen LogP contribution in [0.5, 0.6) is 11.5 Å². The molecular formula is C21H31F2N5O3. The molecule has 0 aliphatic rings. The first-order chi connectivity index (χ1) is 14.9. The van der Waals surface area contributed by atoms with Crippen LogP contribution in [0.2, 0.25) is 0 Å². The average Bonchev–Trinajstić information content (AvgIpc) is 3.01. The maximum atomic E-state index is 12.7. The summed E-state index contributed by atoms with van der Waals surface area (Å²) in [5.41, 5.74) is 3.55. The first-order valence-corrected chi connectivity index (χ1v) is 10.0. The van der Waals surface area contributed by atoms with Crippen molar-refractivity contribution in [3.05, 3.63) is 40.7 Å². The van der Waals surface area contributed by atoms with Gasteiger partial charge in [0.1, 0.15) is 11.5 Å². The molecule has 1 aromatic heterocycles. The van der Waals surface area contributed by atoms with Crippen LogP contribution < -0.4 is 20.1 Å². The van der Waals surface area contributed by atoms with E-state index >= 15 is 0 Å². The number of halogens is 2. The smallest absolute Gasteiger partial charge is 0.387 e. The van der Waals surface area contributed by atoms with E-state index in [4.69, 9.17) is 9.47 Å². The Morgan fingerprint density at radius 2 is 2.00 bits per heavy atom. The topological polar surface area (TPSA) is 81.9 Å². The van der Waals surface area contributed by atoms with Crippen molar-refractivity contribution in [2.75, 3.05) is 27.4 Å². The van der Waals surface area contributed by atoms with Crippen LogP contribution in [-0.4, -0.2) is 49.7 Å². The highest BCUT2D eigenvalue weighted by Gasteiger charge is 2.13. The number of aromatic nitrogens is 2. The number of rotatable bonds is 11. The van der Waals surface area contributed by atoms with E-state index in [2.05, 4.69) is 25.5 Å². The minimum atomic E-state index is -2.91. The zero-order valence-corrected chi connectivity index (χ0v) is 18.7. The maximum absolute atomic E-state index is 12.7. The third kappa shape index (κ3) is 7.09. The summed E-state index contributed by atoms with van der Waals surface area (Å²) < 4.78 is 42.3. The molecular weight excluding hydrogens is 408 g/mol. The fourth-order valence-electron chi connectivity index (χ4n) is 3.08. The summed E-state index contributed by atoms with van der Waals surface area (Å²) in [7, 11) is 3.17. The molecule has 0 amide bonds. The Morgan fingerprint density at radius 3 is 2.65 bits per heavy atom. The molecule has 2 N–H and O–H groups in total. The van der Waals surface area contributed by atoms with Crippen LogP contribution in [0.4, 0.5) is 8.78 Å². The lowest BCUT2D eigenvalue weighted by Gasteiger charge is -2.14. The van der Waals surface area contributed by atoms with Crippen LogP contribution >= 0.6 is 0 Å². The minimum Gasteiger partial charge on any atom is -0.497 e. The summed E-state index contributed by atoms with van der Waals surface area (Å²) in [4.78, 5) is 4.52. The number of ether oxygens (including phenoxy) is 3. The summed E-state index contributed by atoms with van der Waals surface area (Å²) >= 11 is 0. The molecule has 1 aromatic carbocycles. The summed E-state index contributed by atoms with van der Waals surface area (Å²) in [5.74, 6) is 1.16. The van der Waals surface area contributed by atoms with Gasteiger partial charge in [-0.05, 0) is 39.0 Å². The van der Waals surface area contributed by atoms with E-state index < -0.39 is 6.61 Å². The minimum absolute atomic E-state index is 0.0708. The molecule has 0 atom stereocenters. The Balaban J connectivity index is 2.15. The van der Waals surface area contributed by atoms with Crippen molar-refractivity contribution in [1.82, 2.24) is 20.4 Å². The second-order valence-electron chi connectivity index (χ2n) is 6.77. The fourth-order valence-corrected chi connectivity index (χ4v) is 3.08. The molecule has 0 saturated carbocycles. The van der Waals surface area contributed by atoms with E-state index in [9.17, 15) is 8.78 Å². The Hall–Kier alpha value is -2.88. The van der Waals surface area contributed by atoms with Crippen molar-refractivity contribution in [2.45, 2.75) is 47.0 Å². The van der Waals surface area contributed by atoms with Crippen LogP contribution in [0.1, 0.15) is 29.4 Å². The standard InChI is InChI=1S/C21H31F2N5O3/c1-6-24-21(26-13-18-14(2)27-28(15(18)3)9-10-29-4)25-12-16-11-17(30-5)7-8-19(16)31-20(22)23/h7-8,11,20H,6,9-10,12-13H2,1-5H3,(H2,24,25,26). The number of alkyl halides is 2. The number of aliphatic imine (C=N–C) groups is 1. The highest BCUT2D eigenvalue weighted by atomic mass is 19.3. The van der Waals surface area contributed by atoms with Crippen LogP contribution in [0.25, 0.3) is 0 Å². The number of benzene rings is 1. The average molecular weight is 440 g/mol. The van der Waals surface area contributed by atoms with Gasteiger partial charge in [0.15, 0.2) is 5.96 Å². The van der Waals surface area contributed by atoms with E-state index in [0.717, 1.165) is 17.0 Å². The molecule has 0 unspecified atom stereocenters. The lowest BCUT2D eigenvalue weighted by Crippen LogP contribution is -2.37. The van der Waals surface area contributed by atoms with Crippen molar-refractivity contribution in [3.8, 4) is 11.5 Å². The van der Waals surface area contributed by atoms with Gasteiger partial charge in [0, 0.05) is 37.0 Å². The molecule has 1 heterocycles. The largest absolute Gasteiger partial charge is 0.497 e. The van der Waals surface area contributed by atoms with Gasteiger partial charge in [0.2, 0.25) is 0 Å². The summed E-state index contributed by atoms with van der Waals surface area (Å²) in [6, 6.07) is 4.66. The number of aryl methyl sites for hydroxylation is 1. The van der Waals surface area contributed by atoms with Crippen LogP contribution in [0.3, 0.4) is 0 Å². The second kappa shape index (κ2) is 12.1. The summed E-state index contributed by atoms with van der Waals surface area (Å²) in [6.45, 7) is 5.59. The van der Waals surface area contributed by atoms with Gasteiger partial charge in [-0.25, -0.2) is 4.99 Å². The Morgan fingerprint density at radius 1 is 1.23 bits per heavy atom. The predicted molar refractivity (Wildman–Crippen MR) is 115 cm³/mol. The highest BCUT2D eigenvalue weighted by molar-refractivity contribution is 5.79. The Bertz CT molecular complexity index is 871. The van der Waals surface area contributed by atoms with Gasteiger partial charge >= 0.3 is 6.61 Å². The molecule has 31 heavy (non-hydrogen) atoms. The Kier molecular flexibility index (Phi) is 9.51. The molecule has 0 saturated heterocycles. The Labute approximate surface area is 181 Å². The van der Waals surface area contributed by atoms with Gasteiger partial charge in [-0.1, -0.05) is 0 Å². The predicted octanol–water partition coefficient (Wildman–Crippen LogP) is 3.01.